The van der Waals surface area contributed by atoms with Crippen molar-refractivity contribution in [1.82, 2.24) is 0 Å². The van der Waals surface area contributed by atoms with Crippen molar-refractivity contribution in [2.75, 3.05) is 0 Å². The van der Waals surface area contributed by atoms with Gasteiger partial charge in [-0.1, -0.05) is 50.6 Å². The average Bonchev–Trinajstić information content (AvgIpc) is 2.72. The van der Waals surface area contributed by atoms with Crippen molar-refractivity contribution in [3.05, 3.63) is 59.7 Å². The molecule has 0 saturated carbocycles. The number of rotatable bonds is 11. The van der Waals surface area contributed by atoms with E-state index in [-0.39, 0.29) is 35.0 Å². The van der Waals surface area contributed by atoms with E-state index in [1.54, 1.807) is 24.3 Å². The zero-order valence-electron chi connectivity index (χ0n) is 21.5. The number of aldehydes is 1. The molecule has 0 N–H and O–H groups in total. The van der Waals surface area contributed by atoms with Crippen LogP contribution in [0.5, 0.6) is 5.75 Å². The quantitative estimate of drug-likeness (QED) is 0.274. The van der Waals surface area contributed by atoms with Crippen LogP contribution in [0.3, 0.4) is 0 Å². The summed E-state index contributed by atoms with van der Waals surface area (Å²) in [5.41, 5.74) is 1.87. The van der Waals surface area contributed by atoms with Gasteiger partial charge in [0.1, 0.15) is 17.8 Å². The highest BCUT2D eigenvalue weighted by molar-refractivity contribution is 7.93. The molecule has 0 spiro atoms. The number of hydrogen-bond donors (Lipinski definition) is 0. The Morgan fingerprint density at radius 3 is 2.03 bits per heavy atom. The fourth-order valence-electron chi connectivity index (χ4n) is 3.72. The molecule has 5 nitrogen and oxygen atoms in total. The van der Waals surface area contributed by atoms with Gasteiger partial charge in [-0.3, -0.25) is 4.79 Å². The fourth-order valence-corrected chi connectivity index (χ4v) is 6.80. The second kappa shape index (κ2) is 10.6. The minimum atomic E-state index is -3.93. The number of aryl methyl sites for hydroxylation is 2. The second-order valence-corrected chi connectivity index (χ2v) is 17.8. The summed E-state index contributed by atoms with van der Waals surface area (Å²) in [7, 11) is -5.89. The van der Waals surface area contributed by atoms with E-state index in [2.05, 4.69) is 33.9 Å². The van der Waals surface area contributed by atoms with Crippen LogP contribution in [0.25, 0.3) is 0 Å². The molecule has 0 aliphatic carbocycles. The van der Waals surface area contributed by atoms with Crippen LogP contribution in [0, 0.1) is 6.92 Å². The van der Waals surface area contributed by atoms with E-state index in [4.69, 9.17) is 4.43 Å². The van der Waals surface area contributed by atoms with E-state index in [0.717, 1.165) is 16.9 Å². The Hall–Kier alpha value is -2.25. The lowest BCUT2D eigenvalue weighted by Gasteiger charge is -2.36. The van der Waals surface area contributed by atoms with Crippen molar-refractivity contribution in [3.8, 4) is 5.75 Å². The fraction of sp³-hybridized carbons (Fsp3) is 0.481. The summed E-state index contributed by atoms with van der Waals surface area (Å²) in [6.45, 7) is 14.2. The van der Waals surface area contributed by atoms with Crippen LogP contribution in [0.2, 0.25) is 18.1 Å². The van der Waals surface area contributed by atoms with Crippen LogP contribution >= 0.6 is 0 Å². The van der Waals surface area contributed by atoms with Crippen LogP contribution in [0.1, 0.15) is 58.1 Å². The van der Waals surface area contributed by atoms with Gasteiger partial charge in [-0.2, -0.15) is 0 Å². The van der Waals surface area contributed by atoms with Crippen LogP contribution in [0.15, 0.2) is 53.4 Å². The van der Waals surface area contributed by atoms with Crippen molar-refractivity contribution in [3.63, 3.8) is 0 Å². The van der Waals surface area contributed by atoms with Gasteiger partial charge in [0.15, 0.2) is 9.84 Å². The lowest BCUT2D eigenvalue weighted by molar-refractivity contribution is -0.117. The maximum Gasteiger partial charge on any atom is 0.250 e. The van der Waals surface area contributed by atoms with E-state index < -0.39 is 22.9 Å². The van der Waals surface area contributed by atoms with Gasteiger partial charge in [0.2, 0.25) is 8.32 Å². The smallest absolute Gasteiger partial charge is 0.250 e. The third-order valence-corrected chi connectivity index (χ3v) is 13.8. The summed E-state index contributed by atoms with van der Waals surface area (Å²) in [5.74, 6) is 0.543. The molecule has 0 bridgehead atoms. The Bertz CT molecular complexity index is 1100. The topological polar surface area (TPSA) is 77.5 Å². The summed E-state index contributed by atoms with van der Waals surface area (Å²) < 4.78 is 32.2. The first-order chi connectivity index (χ1) is 15.6. The van der Waals surface area contributed by atoms with Gasteiger partial charge in [0, 0.05) is 12.8 Å². The highest BCUT2D eigenvalue weighted by Crippen LogP contribution is 2.38. The molecule has 1 unspecified atom stereocenters. The SMILES string of the molecule is CC(=O)CC(CC=O)(CCc1ccc(O[Si](C)(C)C(C)(C)C)cc1)S(=O)(=O)c1ccc(C)cc1. The normalized spacial score (nSPS) is 14.3. The molecule has 0 heterocycles. The van der Waals surface area contributed by atoms with Crippen molar-refractivity contribution < 1.29 is 22.4 Å². The van der Waals surface area contributed by atoms with Crippen LogP contribution in [-0.2, 0) is 25.8 Å². The molecule has 0 saturated heterocycles. The third-order valence-electron chi connectivity index (χ3n) is 6.90. The number of carbonyl (C=O) groups excluding carboxylic acids is 2. The minimum absolute atomic E-state index is 0.0805. The zero-order chi connectivity index (χ0) is 25.8. The van der Waals surface area contributed by atoms with Crippen molar-refractivity contribution in [2.24, 2.45) is 0 Å². The third kappa shape index (κ3) is 6.45. The van der Waals surface area contributed by atoms with E-state index in [9.17, 15) is 18.0 Å². The summed E-state index contributed by atoms with van der Waals surface area (Å²) in [6, 6.07) is 14.3. The van der Waals surface area contributed by atoms with Gasteiger partial charge in [-0.05, 0) is 74.7 Å². The van der Waals surface area contributed by atoms with Crippen LogP contribution in [-0.4, -0.2) is 33.6 Å². The number of Topliss-reactive ketones (excluding diaryl/α,β-unsaturated/α-hetero) is 1. The molecular weight excluding hydrogens is 464 g/mol. The average molecular weight is 503 g/mol. The van der Waals surface area contributed by atoms with Crippen molar-refractivity contribution in [1.29, 1.82) is 0 Å². The predicted molar refractivity (Wildman–Crippen MR) is 140 cm³/mol. The molecule has 2 aromatic carbocycles. The van der Waals surface area contributed by atoms with Crippen LogP contribution in [0.4, 0.5) is 0 Å². The number of benzene rings is 2. The maximum atomic E-state index is 13.7. The van der Waals surface area contributed by atoms with Gasteiger partial charge in [0.25, 0.3) is 0 Å². The van der Waals surface area contributed by atoms with E-state index in [1.807, 2.05) is 31.2 Å². The Labute approximate surface area is 206 Å². The van der Waals surface area contributed by atoms with Gasteiger partial charge in [-0.15, -0.1) is 0 Å². The zero-order valence-corrected chi connectivity index (χ0v) is 23.3. The monoisotopic (exact) mass is 502 g/mol. The number of hydrogen-bond acceptors (Lipinski definition) is 5. The first-order valence-corrected chi connectivity index (χ1v) is 16.0. The van der Waals surface area contributed by atoms with Gasteiger partial charge in [-0.25, -0.2) is 8.42 Å². The Morgan fingerprint density at radius 2 is 1.56 bits per heavy atom. The van der Waals surface area contributed by atoms with Crippen LogP contribution < -0.4 is 4.43 Å². The summed E-state index contributed by atoms with van der Waals surface area (Å²) in [4.78, 5) is 23.9. The number of sulfone groups is 1. The summed E-state index contributed by atoms with van der Waals surface area (Å²) in [6.07, 6.45) is 0.783. The lowest BCUT2D eigenvalue weighted by atomic mass is 9.91. The molecule has 0 amide bonds. The molecule has 0 radical (unpaired) electrons. The van der Waals surface area contributed by atoms with Crippen molar-refractivity contribution >= 4 is 30.2 Å². The second-order valence-electron chi connectivity index (χ2n) is 10.8. The molecule has 0 aliphatic rings. The van der Waals surface area contributed by atoms with E-state index in [1.165, 1.54) is 6.92 Å². The van der Waals surface area contributed by atoms with E-state index in [0.29, 0.717) is 12.7 Å². The van der Waals surface area contributed by atoms with Gasteiger partial charge >= 0.3 is 0 Å². The molecule has 0 aromatic heterocycles. The summed E-state index contributed by atoms with van der Waals surface area (Å²) >= 11 is 0. The molecule has 34 heavy (non-hydrogen) atoms. The molecule has 0 aliphatic heterocycles. The molecular formula is C27H38O5SSi. The Kier molecular flexibility index (Phi) is 8.70. The highest BCUT2D eigenvalue weighted by Gasteiger charge is 2.45. The lowest BCUT2D eigenvalue weighted by Crippen LogP contribution is -2.43. The summed E-state index contributed by atoms with van der Waals surface area (Å²) in [5, 5.41) is 0.0805. The molecule has 0 fully saturated rings. The largest absolute Gasteiger partial charge is 0.544 e. The molecule has 1 atom stereocenters. The number of ketones is 1. The van der Waals surface area contributed by atoms with Gasteiger partial charge < -0.3 is 9.22 Å². The first-order valence-electron chi connectivity index (χ1n) is 11.7. The molecule has 186 valence electrons. The first kappa shape index (κ1) is 28.0. The standard InChI is InChI=1S/C27H38O5SSi/c1-21-8-14-25(15-9-21)33(30,31)27(18-19-28,20-22(2)29)17-16-23-10-12-24(13-11-23)32-34(6,7)26(3,4)5/h8-15,19H,16-18,20H2,1-7H3. The minimum Gasteiger partial charge on any atom is -0.544 e. The van der Waals surface area contributed by atoms with Crippen molar-refractivity contribution in [2.45, 2.75) is 88.1 Å². The molecule has 7 heteroatoms. The number of carbonyl (C=O) groups is 2. The maximum absolute atomic E-state index is 13.7. The predicted octanol–water partition coefficient (Wildman–Crippen LogP) is 6.09. The Balaban J connectivity index is 2.33. The molecule has 2 aromatic rings. The van der Waals surface area contributed by atoms with E-state index >= 15 is 0 Å². The highest BCUT2D eigenvalue weighted by atomic mass is 32.2. The van der Waals surface area contributed by atoms with Gasteiger partial charge in [0.05, 0.1) is 9.64 Å². The Morgan fingerprint density at radius 1 is 1.00 bits per heavy atom. The molecule has 2 rings (SSSR count).